The Morgan fingerprint density at radius 2 is 2.20 bits per heavy atom. The smallest absolute Gasteiger partial charge is 0.137 e. The Labute approximate surface area is 120 Å². The molecule has 0 saturated heterocycles. The lowest BCUT2D eigenvalue weighted by Gasteiger charge is -2.35. The number of nitrogens with zero attached hydrogens (tertiary/aromatic N) is 3. The molecule has 2 aromatic rings. The van der Waals surface area contributed by atoms with Crippen LogP contribution in [0.3, 0.4) is 0 Å². The van der Waals surface area contributed by atoms with Crippen LogP contribution < -0.4 is 5.32 Å². The molecular formula is C16H22N4. The van der Waals surface area contributed by atoms with Crippen LogP contribution in [0.15, 0.2) is 36.9 Å². The van der Waals surface area contributed by atoms with Gasteiger partial charge in [0.2, 0.25) is 0 Å². The molecule has 1 saturated carbocycles. The van der Waals surface area contributed by atoms with E-state index in [9.17, 15) is 0 Å². The van der Waals surface area contributed by atoms with Crippen LogP contribution in [-0.4, -0.2) is 20.8 Å². The van der Waals surface area contributed by atoms with Gasteiger partial charge < -0.3 is 5.32 Å². The fourth-order valence-electron chi connectivity index (χ4n) is 3.15. The van der Waals surface area contributed by atoms with E-state index in [0.717, 1.165) is 12.3 Å². The Kier molecular flexibility index (Phi) is 3.72. The summed E-state index contributed by atoms with van der Waals surface area (Å²) in [5, 5.41) is 8.04. The van der Waals surface area contributed by atoms with Gasteiger partial charge in [-0.2, -0.15) is 5.10 Å². The average molecular weight is 270 g/mol. The second-order valence-corrected chi connectivity index (χ2v) is 5.98. The molecule has 0 radical (unpaired) electrons. The van der Waals surface area contributed by atoms with Crippen LogP contribution in [0.4, 0.5) is 5.69 Å². The normalized spacial score (nSPS) is 26.4. The van der Waals surface area contributed by atoms with Crippen LogP contribution in [0.25, 0.3) is 0 Å². The molecule has 1 heterocycles. The Balaban J connectivity index is 1.79. The van der Waals surface area contributed by atoms with Crippen LogP contribution in [0.1, 0.15) is 37.8 Å². The minimum Gasteiger partial charge on any atom is -0.380 e. The second-order valence-electron chi connectivity index (χ2n) is 5.98. The van der Waals surface area contributed by atoms with Gasteiger partial charge in [0.1, 0.15) is 12.7 Å². The number of hydrogen-bond donors (Lipinski definition) is 1. The summed E-state index contributed by atoms with van der Waals surface area (Å²) in [4.78, 5) is 4.10. The number of rotatable bonds is 3. The minimum atomic E-state index is 0.391. The quantitative estimate of drug-likeness (QED) is 0.929. The van der Waals surface area contributed by atoms with Gasteiger partial charge in [-0.15, -0.1) is 0 Å². The van der Waals surface area contributed by atoms with Gasteiger partial charge in [0.05, 0.1) is 6.04 Å². The van der Waals surface area contributed by atoms with Gasteiger partial charge in [-0.05, 0) is 49.8 Å². The largest absolute Gasteiger partial charge is 0.380 e. The van der Waals surface area contributed by atoms with E-state index < -0.39 is 0 Å². The zero-order chi connectivity index (χ0) is 13.9. The van der Waals surface area contributed by atoms with Crippen LogP contribution in [0.2, 0.25) is 0 Å². The van der Waals surface area contributed by atoms with Crippen molar-refractivity contribution in [1.82, 2.24) is 14.8 Å². The molecule has 1 N–H and O–H groups in total. The van der Waals surface area contributed by atoms with Crippen molar-refractivity contribution in [3.63, 3.8) is 0 Å². The van der Waals surface area contributed by atoms with Crippen molar-refractivity contribution in [2.45, 2.75) is 45.2 Å². The van der Waals surface area contributed by atoms with Gasteiger partial charge in [0.25, 0.3) is 0 Å². The highest BCUT2D eigenvalue weighted by Crippen LogP contribution is 2.33. The predicted octanol–water partition coefficient (Wildman–Crippen LogP) is 3.43. The van der Waals surface area contributed by atoms with Crippen molar-refractivity contribution in [2.24, 2.45) is 5.92 Å². The van der Waals surface area contributed by atoms with Crippen molar-refractivity contribution in [3.05, 3.63) is 42.5 Å². The molecule has 20 heavy (non-hydrogen) atoms. The molecule has 4 nitrogen and oxygen atoms in total. The molecular weight excluding hydrogens is 248 g/mol. The molecule has 1 aromatic carbocycles. The molecule has 106 valence electrons. The molecule has 1 aliphatic rings. The zero-order valence-electron chi connectivity index (χ0n) is 12.2. The highest BCUT2D eigenvalue weighted by Gasteiger charge is 2.30. The Morgan fingerprint density at radius 1 is 1.30 bits per heavy atom. The number of nitrogens with one attached hydrogen (secondary N) is 1. The van der Waals surface area contributed by atoms with Gasteiger partial charge in [0.15, 0.2) is 0 Å². The van der Waals surface area contributed by atoms with Crippen LogP contribution >= 0.6 is 0 Å². The lowest BCUT2D eigenvalue weighted by atomic mass is 9.83. The number of aryl methyl sites for hydroxylation is 1. The highest BCUT2D eigenvalue weighted by molar-refractivity contribution is 5.46. The number of anilines is 1. The zero-order valence-corrected chi connectivity index (χ0v) is 12.2. The third-order valence-electron chi connectivity index (χ3n) is 4.23. The SMILES string of the molecule is Cc1cccc(NC2CCC(C)CC2n2cncn2)c1. The van der Waals surface area contributed by atoms with E-state index in [2.05, 4.69) is 53.5 Å². The van der Waals surface area contributed by atoms with Gasteiger partial charge in [-0.3, -0.25) is 0 Å². The van der Waals surface area contributed by atoms with E-state index in [0.29, 0.717) is 12.1 Å². The maximum Gasteiger partial charge on any atom is 0.137 e. The molecule has 0 aliphatic heterocycles. The van der Waals surface area contributed by atoms with E-state index in [-0.39, 0.29) is 0 Å². The minimum absolute atomic E-state index is 0.391. The lowest BCUT2D eigenvalue weighted by Crippen LogP contribution is -2.36. The van der Waals surface area contributed by atoms with E-state index in [1.54, 1.807) is 6.33 Å². The summed E-state index contributed by atoms with van der Waals surface area (Å²) < 4.78 is 2.02. The van der Waals surface area contributed by atoms with E-state index in [1.165, 1.54) is 24.1 Å². The van der Waals surface area contributed by atoms with Crippen molar-refractivity contribution in [3.8, 4) is 0 Å². The van der Waals surface area contributed by atoms with Gasteiger partial charge in [-0.25, -0.2) is 9.67 Å². The summed E-state index contributed by atoms with van der Waals surface area (Å²) in [5.41, 5.74) is 2.49. The molecule has 0 bridgehead atoms. The fourth-order valence-corrected chi connectivity index (χ4v) is 3.15. The topological polar surface area (TPSA) is 42.7 Å². The summed E-state index contributed by atoms with van der Waals surface area (Å²) in [5.74, 6) is 0.750. The van der Waals surface area contributed by atoms with Crippen molar-refractivity contribution < 1.29 is 0 Å². The molecule has 0 amide bonds. The molecule has 3 atom stereocenters. The average Bonchev–Trinajstić information content (AvgIpc) is 2.95. The molecule has 4 heteroatoms. The van der Waals surface area contributed by atoms with Gasteiger partial charge >= 0.3 is 0 Å². The van der Waals surface area contributed by atoms with Gasteiger partial charge in [-0.1, -0.05) is 19.1 Å². The van der Waals surface area contributed by atoms with Crippen LogP contribution in [0.5, 0.6) is 0 Å². The first-order chi connectivity index (χ1) is 9.72. The number of hydrogen-bond acceptors (Lipinski definition) is 3. The van der Waals surface area contributed by atoms with Gasteiger partial charge in [0, 0.05) is 11.7 Å². The summed E-state index contributed by atoms with van der Waals surface area (Å²) in [6, 6.07) is 9.40. The maximum absolute atomic E-state index is 4.35. The first kappa shape index (κ1) is 13.2. The van der Waals surface area contributed by atoms with Crippen molar-refractivity contribution in [2.75, 3.05) is 5.32 Å². The molecule has 0 spiro atoms. The molecule has 3 rings (SSSR count). The summed E-state index contributed by atoms with van der Waals surface area (Å²) in [7, 11) is 0. The van der Waals surface area contributed by atoms with Crippen molar-refractivity contribution >= 4 is 5.69 Å². The van der Waals surface area contributed by atoms with Crippen LogP contribution in [-0.2, 0) is 0 Å². The predicted molar refractivity (Wildman–Crippen MR) is 80.7 cm³/mol. The first-order valence-electron chi connectivity index (χ1n) is 7.39. The fraction of sp³-hybridized carbons (Fsp3) is 0.500. The Hall–Kier alpha value is -1.84. The van der Waals surface area contributed by atoms with E-state index in [4.69, 9.17) is 0 Å². The summed E-state index contributed by atoms with van der Waals surface area (Å²) in [6.45, 7) is 4.45. The van der Waals surface area contributed by atoms with Crippen molar-refractivity contribution in [1.29, 1.82) is 0 Å². The summed E-state index contributed by atoms with van der Waals surface area (Å²) in [6.07, 6.45) is 7.08. The van der Waals surface area contributed by atoms with E-state index >= 15 is 0 Å². The number of aromatic nitrogens is 3. The monoisotopic (exact) mass is 270 g/mol. The molecule has 1 fully saturated rings. The molecule has 1 aromatic heterocycles. The molecule has 3 unspecified atom stereocenters. The number of benzene rings is 1. The second kappa shape index (κ2) is 5.65. The maximum atomic E-state index is 4.35. The first-order valence-corrected chi connectivity index (χ1v) is 7.39. The highest BCUT2D eigenvalue weighted by atomic mass is 15.3. The summed E-state index contributed by atoms with van der Waals surface area (Å²) >= 11 is 0. The standard InChI is InChI=1S/C16H22N4/c1-12-4-3-5-14(8-12)19-15-7-6-13(2)9-16(15)20-11-17-10-18-20/h3-5,8,10-11,13,15-16,19H,6-7,9H2,1-2H3. The molecule has 1 aliphatic carbocycles. The third-order valence-corrected chi connectivity index (χ3v) is 4.23. The Bertz CT molecular complexity index is 549. The van der Waals surface area contributed by atoms with E-state index in [1.807, 2.05) is 11.0 Å². The van der Waals surface area contributed by atoms with Crippen LogP contribution in [0, 0.1) is 12.8 Å². The Morgan fingerprint density at radius 3 is 2.95 bits per heavy atom. The lowest BCUT2D eigenvalue weighted by molar-refractivity contribution is 0.244. The third kappa shape index (κ3) is 2.84.